The van der Waals surface area contributed by atoms with Crippen LogP contribution in [0.3, 0.4) is 0 Å². The molecule has 0 saturated heterocycles. The molecule has 6 heteroatoms. The lowest BCUT2D eigenvalue weighted by Crippen LogP contribution is -2.07. The summed E-state index contributed by atoms with van der Waals surface area (Å²) < 4.78 is 5.40. The third-order valence-corrected chi connectivity index (χ3v) is 7.19. The molecule has 0 rings (SSSR count). The normalized spacial score (nSPS) is 14.2. The van der Waals surface area contributed by atoms with E-state index in [0.29, 0.717) is 13.0 Å². The van der Waals surface area contributed by atoms with Crippen molar-refractivity contribution in [2.75, 3.05) is 12.4 Å². The minimum Gasteiger partial charge on any atom is -0.327 e. The quantitative estimate of drug-likeness (QED) is 0.286. The number of amides is 1. The first-order valence-corrected chi connectivity index (χ1v) is 9.21. The van der Waals surface area contributed by atoms with Gasteiger partial charge in [-0.1, -0.05) is 17.5 Å². The fraction of sp³-hybridized carbons (Fsp3) is 0.667. The summed E-state index contributed by atoms with van der Waals surface area (Å²) in [6.45, 7) is 6.08. The van der Waals surface area contributed by atoms with Crippen LogP contribution in [0.1, 0.15) is 26.2 Å². The average Bonchev–Trinajstić information content (AvgIpc) is 2.18. The van der Waals surface area contributed by atoms with Gasteiger partial charge in [-0.05, 0) is 38.0 Å². The second-order valence-corrected chi connectivity index (χ2v) is 9.51. The van der Waals surface area contributed by atoms with E-state index in [0.717, 1.165) is 25.0 Å². The lowest BCUT2D eigenvalue weighted by Gasteiger charge is -2.19. The van der Waals surface area contributed by atoms with Gasteiger partial charge in [0.15, 0.2) is 0 Å². The molecule has 0 spiro atoms. The van der Waals surface area contributed by atoms with Crippen molar-refractivity contribution >= 4 is 35.2 Å². The second-order valence-electron chi connectivity index (χ2n) is 2.78. The lowest BCUT2D eigenvalue weighted by atomic mass is 10.2. The van der Waals surface area contributed by atoms with Gasteiger partial charge in [0.05, 0.1) is 6.61 Å². The molecule has 0 saturated carbocycles. The Labute approximate surface area is 101 Å². The van der Waals surface area contributed by atoms with E-state index in [2.05, 4.69) is 11.7 Å². The van der Waals surface area contributed by atoms with E-state index in [9.17, 15) is 4.79 Å². The summed E-state index contributed by atoms with van der Waals surface area (Å²) in [6.07, 6.45) is 5.75. The maximum Gasteiger partial charge on any atom is 0.213 e. The molecule has 1 atom stereocenters. The zero-order valence-corrected chi connectivity index (χ0v) is 11.5. The molecule has 0 aromatic carbocycles. The Balaban J connectivity index is 3.80. The van der Waals surface area contributed by atoms with Gasteiger partial charge >= 0.3 is 0 Å². The van der Waals surface area contributed by atoms with Crippen LogP contribution in [0.4, 0.5) is 0 Å². The fourth-order valence-electron chi connectivity index (χ4n) is 0.922. The maximum absolute atomic E-state index is 10.4. The van der Waals surface area contributed by atoms with Crippen molar-refractivity contribution < 1.29 is 9.32 Å². The number of allylic oxidation sites excluding steroid dienone is 1. The van der Waals surface area contributed by atoms with E-state index in [1.54, 1.807) is 11.4 Å². The van der Waals surface area contributed by atoms with Gasteiger partial charge in [-0.2, -0.15) is 0 Å². The summed E-state index contributed by atoms with van der Waals surface area (Å²) in [5.74, 6) is 0.923. The highest BCUT2D eigenvalue weighted by Gasteiger charge is 2.16. The van der Waals surface area contributed by atoms with Gasteiger partial charge < -0.3 is 9.61 Å². The minimum absolute atomic E-state index is 0.539. The molecule has 0 heterocycles. The summed E-state index contributed by atoms with van der Waals surface area (Å²) in [6, 6.07) is 0. The first-order valence-electron chi connectivity index (χ1n) is 4.90. The van der Waals surface area contributed by atoms with Crippen molar-refractivity contribution in [2.45, 2.75) is 26.2 Å². The molecule has 0 radical (unpaired) electrons. The standard InChI is InChI=1S/C9H18NO2PS2/c1-3-5-6-7-8-15-13(14,10-9-11)12-4-2/h3,9H,1,4-8H2,2H3,(H,10,11,14). The number of rotatable bonds is 10. The second kappa shape index (κ2) is 9.40. The number of carbonyl (C=O) groups excluding carboxylic acids is 1. The Morgan fingerprint density at radius 3 is 2.87 bits per heavy atom. The van der Waals surface area contributed by atoms with Crippen LogP contribution in [0.25, 0.3) is 0 Å². The summed E-state index contributed by atoms with van der Waals surface area (Å²) in [4.78, 5) is 10.4. The van der Waals surface area contributed by atoms with Crippen molar-refractivity contribution in [3.05, 3.63) is 12.7 Å². The van der Waals surface area contributed by atoms with E-state index in [1.165, 1.54) is 0 Å². The third-order valence-electron chi connectivity index (χ3n) is 1.57. The van der Waals surface area contributed by atoms with Crippen molar-refractivity contribution in [1.29, 1.82) is 0 Å². The van der Waals surface area contributed by atoms with Gasteiger partial charge in [-0.3, -0.25) is 4.79 Å². The molecule has 1 N–H and O–H groups in total. The number of hydrogen-bond acceptors (Lipinski definition) is 4. The minimum atomic E-state index is -2.16. The lowest BCUT2D eigenvalue weighted by molar-refractivity contribution is -0.108. The molecule has 1 amide bonds. The molecule has 0 aromatic rings. The number of unbranched alkanes of at least 4 members (excludes halogenated alkanes) is 2. The van der Waals surface area contributed by atoms with Gasteiger partial charge in [-0.15, -0.1) is 6.58 Å². The molecule has 0 aliphatic carbocycles. The molecular formula is C9H18NO2PS2. The van der Waals surface area contributed by atoms with Crippen molar-refractivity contribution in [3.63, 3.8) is 0 Å². The monoisotopic (exact) mass is 267 g/mol. The Morgan fingerprint density at radius 2 is 2.33 bits per heavy atom. The van der Waals surface area contributed by atoms with Crippen LogP contribution in [-0.4, -0.2) is 18.8 Å². The molecule has 0 aromatic heterocycles. The fourth-order valence-corrected chi connectivity index (χ4v) is 5.31. The van der Waals surface area contributed by atoms with Gasteiger partial charge in [0.2, 0.25) is 12.0 Å². The van der Waals surface area contributed by atoms with Crippen LogP contribution in [0, 0.1) is 0 Å². The molecule has 15 heavy (non-hydrogen) atoms. The van der Waals surface area contributed by atoms with E-state index in [1.807, 2.05) is 13.0 Å². The SMILES string of the molecule is C=CCCCCSP(=S)(NC=O)OCC. The van der Waals surface area contributed by atoms with Crippen LogP contribution in [0.15, 0.2) is 12.7 Å². The smallest absolute Gasteiger partial charge is 0.213 e. The largest absolute Gasteiger partial charge is 0.327 e. The average molecular weight is 267 g/mol. The predicted octanol–water partition coefficient (Wildman–Crippen LogP) is 3.08. The summed E-state index contributed by atoms with van der Waals surface area (Å²) in [5, 5.41) is 2.62. The zero-order valence-electron chi connectivity index (χ0n) is 8.98. The molecular weight excluding hydrogens is 249 g/mol. The highest BCUT2D eigenvalue weighted by molar-refractivity contribution is 8.68. The molecule has 0 aliphatic heterocycles. The van der Waals surface area contributed by atoms with Crippen molar-refractivity contribution in [2.24, 2.45) is 0 Å². The molecule has 0 fully saturated rings. The Bertz CT molecular complexity index is 236. The third kappa shape index (κ3) is 8.03. The van der Waals surface area contributed by atoms with E-state index < -0.39 is 5.62 Å². The van der Waals surface area contributed by atoms with Crippen LogP contribution in [0.2, 0.25) is 0 Å². The summed E-state index contributed by atoms with van der Waals surface area (Å²) >= 11 is 6.82. The highest BCUT2D eigenvalue weighted by atomic mass is 32.9. The van der Waals surface area contributed by atoms with Crippen LogP contribution >= 0.6 is 17.0 Å². The predicted molar refractivity (Wildman–Crippen MR) is 71.6 cm³/mol. The topological polar surface area (TPSA) is 38.3 Å². The van der Waals surface area contributed by atoms with Crippen LogP contribution in [-0.2, 0) is 21.1 Å². The van der Waals surface area contributed by atoms with E-state index in [4.69, 9.17) is 16.3 Å². The number of hydrogen-bond donors (Lipinski definition) is 1. The van der Waals surface area contributed by atoms with Gasteiger partial charge in [-0.25, -0.2) is 0 Å². The molecule has 1 unspecified atom stereocenters. The van der Waals surface area contributed by atoms with Gasteiger partial charge in [0.1, 0.15) is 0 Å². The van der Waals surface area contributed by atoms with Crippen molar-refractivity contribution in [3.8, 4) is 0 Å². The van der Waals surface area contributed by atoms with Crippen molar-refractivity contribution in [1.82, 2.24) is 5.09 Å². The Morgan fingerprint density at radius 1 is 1.60 bits per heavy atom. The number of nitrogens with one attached hydrogen (secondary N) is 1. The molecule has 88 valence electrons. The zero-order chi connectivity index (χ0) is 11.6. The Hall–Kier alpha value is 0.170. The molecule has 0 bridgehead atoms. The molecule has 0 aliphatic rings. The maximum atomic E-state index is 10.4. The number of carbonyl (C=O) groups is 1. The Kier molecular flexibility index (Phi) is 9.51. The van der Waals surface area contributed by atoms with Gasteiger partial charge in [0, 0.05) is 5.75 Å². The van der Waals surface area contributed by atoms with E-state index in [-0.39, 0.29) is 0 Å². The van der Waals surface area contributed by atoms with Gasteiger partial charge in [0.25, 0.3) is 0 Å². The van der Waals surface area contributed by atoms with E-state index >= 15 is 0 Å². The van der Waals surface area contributed by atoms with Crippen LogP contribution < -0.4 is 5.09 Å². The highest BCUT2D eigenvalue weighted by Crippen LogP contribution is 2.55. The summed E-state index contributed by atoms with van der Waals surface area (Å²) in [7, 11) is 0. The first kappa shape index (κ1) is 15.2. The summed E-state index contributed by atoms with van der Waals surface area (Å²) in [5.41, 5.74) is -2.16. The molecule has 3 nitrogen and oxygen atoms in total. The van der Waals surface area contributed by atoms with Crippen LogP contribution in [0.5, 0.6) is 0 Å². The first-order chi connectivity index (χ1) is 7.18.